The second kappa shape index (κ2) is 8.05. The first-order valence-electron chi connectivity index (χ1n) is 10.2. The number of nitrogens with zero attached hydrogens (tertiary/aromatic N) is 2. The molecule has 3 heterocycles. The maximum atomic E-state index is 12.9. The number of nitrogens with one attached hydrogen (secondary N) is 1. The van der Waals surface area contributed by atoms with Crippen LogP contribution in [0.5, 0.6) is 5.75 Å². The highest BCUT2D eigenvalue weighted by atomic mass is 32.1. The summed E-state index contributed by atoms with van der Waals surface area (Å²) in [6, 6.07) is 18.6. The maximum absolute atomic E-state index is 12.9. The maximum Gasteiger partial charge on any atom is 0.260 e. The topological polar surface area (TPSA) is 58.2 Å². The average molecular weight is 418 g/mol. The van der Waals surface area contributed by atoms with Crippen molar-refractivity contribution >= 4 is 21.6 Å². The van der Waals surface area contributed by atoms with Crippen molar-refractivity contribution in [1.82, 2.24) is 14.9 Å². The highest BCUT2D eigenvalue weighted by Crippen LogP contribution is 2.34. The Labute approximate surface area is 179 Å². The van der Waals surface area contributed by atoms with E-state index in [1.807, 2.05) is 47.8 Å². The van der Waals surface area contributed by atoms with E-state index in [0.29, 0.717) is 18.0 Å². The number of likely N-dealkylation sites (tertiary alicyclic amines) is 1. The van der Waals surface area contributed by atoms with Crippen LogP contribution in [0.3, 0.4) is 0 Å². The van der Waals surface area contributed by atoms with Gasteiger partial charge in [-0.05, 0) is 42.6 Å². The van der Waals surface area contributed by atoms with Gasteiger partial charge >= 0.3 is 0 Å². The molecule has 0 aliphatic carbocycles. The molecule has 1 unspecified atom stereocenters. The molecule has 0 radical (unpaired) electrons. The minimum atomic E-state index is -0.0599. The molecule has 1 aliphatic rings. The highest BCUT2D eigenvalue weighted by Gasteiger charge is 2.27. The molecule has 2 aromatic heterocycles. The fraction of sp³-hybridized carbons (Fsp3) is 0.250. The van der Waals surface area contributed by atoms with Crippen molar-refractivity contribution in [3.05, 3.63) is 81.7 Å². The Morgan fingerprint density at radius 3 is 2.73 bits per heavy atom. The number of methoxy groups -OCH3 is 1. The zero-order chi connectivity index (χ0) is 20.5. The van der Waals surface area contributed by atoms with Gasteiger partial charge in [0, 0.05) is 17.0 Å². The highest BCUT2D eigenvalue weighted by molar-refractivity contribution is 7.17. The molecule has 4 aromatic rings. The third kappa shape index (κ3) is 3.53. The van der Waals surface area contributed by atoms with Crippen molar-refractivity contribution in [1.29, 1.82) is 0 Å². The smallest absolute Gasteiger partial charge is 0.260 e. The van der Waals surface area contributed by atoms with Crippen LogP contribution in [0.2, 0.25) is 0 Å². The number of aromatic amines is 1. The molecular weight excluding hydrogens is 394 g/mol. The van der Waals surface area contributed by atoms with Crippen LogP contribution in [-0.4, -0.2) is 28.5 Å². The predicted octanol–water partition coefficient (Wildman–Crippen LogP) is 5.00. The van der Waals surface area contributed by atoms with E-state index >= 15 is 0 Å². The Balaban J connectivity index is 1.43. The van der Waals surface area contributed by atoms with Gasteiger partial charge in [-0.1, -0.05) is 42.5 Å². The van der Waals surface area contributed by atoms with Gasteiger partial charge in [-0.25, -0.2) is 4.98 Å². The number of hydrogen-bond acceptors (Lipinski definition) is 5. The van der Waals surface area contributed by atoms with E-state index in [1.54, 1.807) is 7.11 Å². The molecule has 1 saturated heterocycles. The van der Waals surface area contributed by atoms with Gasteiger partial charge in [0.15, 0.2) is 0 Å². The minimum Gasteiger partial charge on any atom is -0.497 e. The SMILES string of the molecule is COc1ccc(C2CCCN2Cc2nc3scc(-c4ccccc4)c3c(=O)[nH]2)cc1. The number of hydrogen-bond donors (Lipinski definition) is 1. The van der Waals surface area contributed by atoms with E-state index in [9.17, 15) is 4.79 Å². The Bertz CT molecular complexity index is 1210. The predicted molar refractivity (Wildman–Crippen MR) is 121 cm³/mol. The normalized spacial score (nSPS) is 16.9. The number of ether oxygens (including phenoxy) is 1. The van der Waals surface area contributed by atoms with Gasteiger partial charge in [-0.3, -0.25) is 9.69 Å². The lowest BCUT2D eigenvalue weighted by molar-refractivity contribution is 0.242. The van der Waals surface area contributed by atoms with Crippen molar-refractivity contribution in [2.45, 2.75) is 25.4 Å². The van der Waals surface area contributed by atoms with Crippen molar-refractivity contribution in [2.24, 2.45) is 0 Å². The lowest BCUT2D eigenvalue weighted by Gasteiger charge is -2.24. The van der Waals surface area contributed by atoms with Gasteiger partial charge in [-0.2, -0.15) is 0 Å². The summed E-state index contributed by atoms with van der Waals surface area (Å²) in [5.41, 5.74) is 3.21. The average Bonchev–Trinajstić information content (AvgIpc) is 3.42. The first-order chi connectivity index (χ1) is 14.7. The Kier molecular flexibility index (Phi) is 5.11. The molecule has 152 valence electrons. The summed E-state index contributed by atoms with van der Waals surface area (Å²) in [5.74, 6) is 1.60. The van der Waals surface area contributed by atoms with E-state index in [-0.39, 0.29) is 5.56 Å². The number of thiophene rings is 1. The van der Waals surface area contributed by atoms with E-state index in [0.717, 1.165) is 46.9 Å². The molecule has 1 aliphatic heterocycles. The molecule has 0 saturated carbocycles. The van der Waals surface area contributed by atoms with Gasteiger partial charge < -0.3 is 9.72 Å². The third-order valence-electron chi connectivity index (χ3n) is 5.79. The van der Waals surface area contributed by atoms with Gasteiger partial charge in [0.25, 0.3) is 5.56 Å². The lowest BCUT2D eigenvalue weighted by Crippen LogP contribution is -2.25. The van der Waals surface area contributed by atoms with Crippen LogP contribution in [0.1, 0.15) is 30.3 Å². The summed E-state index contributed by atoms with van der Waals surface area (Å²) in [6.45, 7) is 1.64. The largest absolute Gasteiger partial charge is 0.497 e. The number of fused-ring (bicyclic) bond motifs is 1. The van der Waals surface area contributed by atoms with Gasteiger partial charge in [0.1, 0.15) is 16.4 Å². The van der Waals surface area contributed by atoms with Crippen LogP contribution in [0, 0.1) is 0 Å². The van der Waals surface area contributed by atoms with E-state index < -0.39 is 0 Å². The molecule has 0 amide bonds. The molecule has 0 spiro atoms. The van der Waals surface area contributed by atoms with E-state index in [4.69, 9.17) is 9.72 Å². The first kappa shape index (κ1) is 19.0. The summed E-state index contributed by atoms with van der Waals surface area (Å²) in [4.78, 5) is 24.0. The second-order valence-electron chi connectivity index (χ2n) is 7.61. The van der Waals surface area contributed by atoms with Gasteiger partial charge in [0.05, 0.1) is 19.0 Å². The van der Waals surface area contributed by atoms with Crippen LogP contribution >= 0.6 is 11.3 Å². The molecule has 2 aromatic carbocycles. The number of aromatic nitrogens is 2. The van der Waals surface area contributed by atoms with Crippen molar-refractivity contribution in [3.63, 3.8) is 0 Å². The Morgan fingerprint density at radius 2 is 1.97 bits per heavy atom. The standard InChI is InChI=1S/C24H23N3O2S/c1-29-18-11-9-17(10-12-18)20-8-5-13-27(20)14-21-25-23(28)22-19(15-30-24(22)26-21)16-6-3-2-4-7-16/h2-4,6-7,9-12,15,20H,5,8,13-14H2,1H3,(H,25,26,28). The summed E-state index contributed by atoms with van der Waals surface area (Å²) >= 11 is 1.53. The van der Waals surface area contributed by atoms with E-state index in [2.05, 4.69) is 22.0 Å². The van der Waals surface area contributed by atoms with Crippen molar-refractivity contribution < 1.29 is 4.74 Å². The second-order valence-corrected chi connectivity index (χ2v) is 8.47. The zero-order valence-corrected chi connectivity index (χ0v) is 17.6. The van der Waals surface area contributed by atoms with Crippen molar-refractivity contribution in [2.75, 3.05) is 13.7 Å². The molecule has 30 heavy (non-hydrogen) atoms. The lowest BCUT2D eigenvalue weighted by atomic mass is 10.0. The molecule has 6 heteroatoms. The fourth-order valence-electron chi connectivity index (χ4n) is 4.31. The Hall–Kier alpha value is -2.96. The van der Waals surface area contributed by atoms with Crippen LogP contribution in [0.15, 0.2) is 64.8 Å². The monoisotopic (exact) mass is 417 g/mol. The summed E-state index contributed by atoms with van der Waals surface area (Å²) in [6.07, 6.45) is 2.25. The quantitative estimate of drug-likeness (QED) is 0.497. The molecule has 1 atom stereocenters. The molecule has 5 nitrogen and oxygen atoms in total. The molecular formula is C24H23N3O2S. The van der Waals surface area contributed by atoms with Gasteiger partial charge in [0.2, 0.25) is 0 Å². The fourth-order valence-corrected chi connectivity index (χ4v) is 5.28. The van der Waals surface area contributed by atoms with Crippen molar-refractivity contribution in [3.8, 4) is 16.9 Å². The number of rotatable bonds is 5. The zero-order valence-electron chi connectivity index (χ0n) is 16.8. The van der Waals surface area contributed by atoms with E-state index in [1.165, 1.54) is 16.9 Å². The summed E-state index contributed by atoms with van der Waals surface area (Å²) in [5, 5.41) is 2.71. The van der Waals surface area contributed by atoms with Crippen LogP contribution < -0.4 is 10.3 Å². The number of benzene rings is 2. The van der Waals surface area contributed by atoms with Gasteiger partial charge in [-0.15, -0.1) is 11.3 Å². The summed E-state index contributed by atoms with van der Waals surface area (Å²) in [7, 11) is 1.68. The number of H-pyrrole nitrogens is 1. The van der Waals surface area contributed by atoms with Crippen LogP contribution in [0.25, 0.3) is 21.3 Å². The molecule has 5 rings (SSSR count). The van der Waals surface area contributed by atoms with Crippen LogP contribution in [-0.2, 0) is 6.54 Å². The molecule has 1 N–H and O–H groups in total. The third-order valence-corrected chi connectivity index (χ3v) is 6.67. The molecule has 0 bridgehead atoms. The minimum absolute atomic E-state index is 0.0599. The summed E-state index contributed by atoms with van der Waals surface area (Å²) < 4.78 is 5.28. The molecule has 1 fully saturated rings. The first-order valence-corrected chi connectivity index (χ1v) is 11.0. The van der Waals surface area contributed by atoms with Crippen LogP contribution in [0.4, 0.5) is 0 Å². The Morgan fingerprint density at radius 1 is 1.17 bits per heavy atom.